The van der Waals surface area contributed by atoms with E-state index in [0.29, 0.717) is 12.4 Å². The van der Waals surface area contributed by atoms with Gasteiger partial charge in [-0.05, 0) is 32.2 Å². The van der Waals surface area contributed by atoms with Gasteiger partial charge in [0, 0.05) is 13.1 Å². The van der Waals surface area contributed by atoms with E-state index in [-0.39, 0.29) is 17.0 Å². The van der Waals surface area contributed by atoms with Gasteiger partial charge in [-0.25, -0.2) is 13.4 Å². The van der Waals surface area contributed by atoms with Gasteiger partial charge >= 0.3 is 0 Å². The molecule has 0 aromatic carbocycles. The summed E-state index contributed by atoms with van der Waals surface area (Å²) in [4.78, 5) is 6.73. The first-order valence-electron chi connectivity index (χ1n) is 6.16. The molecule has 7 heteroatoms. The highest BCUT2D eigenvalue weighted by atomic mass is 32.2. The molecule has 0 saturated heterocycles. The molecule has 1 fully saturated rings. The first-order chi connectivity index (χ1) is 8.46. The zero-order chi connectivity index (χ0) is 13.3. The zero-order valence-corrected chi connectivity index (χ0v) is 11.6. The quantitative estimate of drug-likeness (QED) is 0.833. The number of aryl methyl sites for hydroxylation is 1. The third-order valence-electron chi connectivity index (χ3n) is 3.73. The van der Waals surface area contributed by atoms with E-state index in [4.69, 9.17) is 5.73 Å². The second-order valence-corrected chi connectivity index (χ2v) is 6.81. The van der Waals surface area contributed by atoms with Gasteiger partial charge in [-0.1, -0.05) is 6.42 Å². The van der Waals surface area contributed by atoms with Crippen LogP contribution in [0.25, 0.3) is 0 Å². The van der Waals surface area contributed by atoms with E-state index < -0.39 is 10.0 Å². The van der Waals surface area contributed by atoms with Crippen molar-refractivity contribution >= 4 is 10.0 Å². The van der Waals surface area contributed by atoms with Crippen molar-refractivity contribution in [3.05, 3.63) is 12.0 Å². The Balaban J connectivity index is 2.25. The third-order valence-corrected chi connectivity index (χ3v) is 5.52. The number of H-pyrrole nitrogens is 1. The Kier molecular flexibility index (Phi) is 3.74. The van der Waals surface area contributed by atoms with Crippen molar-refractivity contribution in [1.29, 1.82) is 0 Å². The van der Waals surface area contributed by atoms with Crippen molar-refractivity contribution in [2.24, 2.45) is 11.7 Å². The maximum absolute atomic E-state index is 12.4. The van der Waals surface area contributed by atoms with Crippen LogP contribution in [0.1, 0.15) is 25.1 Å². The highest BCUT2D eigenvalue weighted by Crippen LogP contribution is 2.31. The molecule has 0 spiro atoms. The molecule has 1 aliphatic rings. The molecule has 0 bridgehead atoms. The first kappa shape index (κ1) is 13.5. The van der Waals surface area contributed by atoms with Crippen molar-refractivity contribution in [3.63, 3.8) is 0 Å². The summed E-state index contributed by atoms with van der Waals surface area (Å²) in [5.41, 5.74) is 5.71. The van der Waals surface area contributed by atoms with Gasteiger partial charge in [0.2, 0.25) is 0 Å². The van der Waals surface area contributed by atoms with Crippen molar-refractivity contribution in [2.75, 3.05) is 13.6 Å². The van der Waals surface area contributed by atoms with E-state index in [1.165, 1.54) is 10.5 Å². The average molecular weight is 272 g/mol. The minimum absolute atomic E-state index is 0.00334. The lowest BCUT2D eigenvalue weighted by Gasteiger charge is -2.27. The predicted octanol–water partition coefficient (Wildman–Crippen LogP) is 0.466. The number of hydrogen-bond donors (Lipinski definition) is 2. The molecular formula is C11H20N4O2S. The fourth-order valence-electron chi connectivity index (χ4n) is 2.63. The number of nitrogens with one attached hydrogen (secondary N) is 1. The molecular weight excluding hydrogens is 252 g/mol. The molecule has 1 saturated carbocycles. The van der Waals surface area contributed by atoms with Gasteiger partial charge in [0.25, 0.3) is 10.0 Å². The minimum Gasteiger partial charge on any atom is -0.332 e. The second-order valence-electron chi connectivity index (χ2n) is 4.85. The molecule has 1 heterocycles. The van der Waals surface area contributed by atoms with E-state index in [0.717, 1.165) is 19.3 Å². The fourth-order valence-corrected chi connectivity index (χ4v) is 4.04. The van der Waals surface area contributed by atoms with Gasteiger partial charge in [-0.2, -0.15) is 4.31 Å². The first-order valence-corrected chi connectivity index (χ1v) is 7.60. The van der Waals surface area contributed by atoms with Crippen LogP contribution in [-0.2, 0) is 10.0 Å². The van der Waals surface area contributed by atoms with Crippen molar-refractivity contribution < 1.29 is 8.42 Å². The Labute approximate surface area is 108 Å². The lowest BCUT2D eigenvalue weighted by Crippen LogP contribution is -2.41. The van der Waals surface area contributed by atoms with E-state index >= 15 is 0 Å². The number of hydrogen-bond acceptors (Lipinski definition) is 4. The number of imidazole rings is 1. The van der Waals surface area contributed by atoms with Crippen LogP contribution in [0, 0.1) is 12.8 Å². The number of sulfonamides is 1. The Morgan fingerprint density at radius 3 is 2.83 bits per heavy atom. The number of aromatic nitrogens is 2. The molecule has 2 unspecified atom stereocenters. The van der Waals surface area contributed by atoms with Crippen LogP contribution < -0.4 is 5.73 Å². The number of nitrogens with two attached hydrogens (primary N) is 1. The van der Waals surface area contributed by atoms with Gasteiger partial charge in [-0.15, -0.1) is 0 Å². The third kappa shape index (κ3) is 2.30. The molecule has 0 amide bonds. The summed E-state index contributed by atoms with van der Waals surface area (Å²) in [6.07, 6.45) is 4.29. The molecule has 1 aliphatic carbocycles. The molecule has 1 aromatic rings. The van der Waals surface area contributed by atoms with E-state index in [1.807, 2.05) is 0 Å². The smallest absolute Gasteiger partial charge is 0.260 e. The van der Waals surface area contributed by atoms with Crippen LogP contribution in [-0.4, -0.2) is 42.3 Å². The van der Waals surface area contributed by atoms with Gasteiger partial charge in [0.1, 0.15) is 5.82 Å². The maximum Gasteiger partial charge on any atom is 0.260 e. The Morgan fingerprint density at radius 1 is 1.56 bits per heavy atom. The van der Waals surface area contributed by atoms with Crippen LogP contribution >= 0.6 is 0 Å². The summed E-state index contributed by atoms with van der Waals surface area (Å²) in [5, 5.41) is 0.158. The van der Waals surface area contributed by atoms with Gasteiger partial charge in [-0.3, -0.25) is 0 Å². The van der Waals surface area contributed by atoms with Crippen LogP contribution in [0.5, 0.6) is 0 Å². The van der Waals surface area contributed by atoms with E-state index in [1.54, 1.807) is 14.0 Å². The topological polar surface area (TPSA) is 92.1 Å². The maximum atomic E-state index is 12.4. The molecule has 3 N–H and O–H groups in total. The molecule has 18 heavy (non-hydrogen) atoms. The second kappa shape index (κ2) is 4.99. The average Bonchev–Trinajstić information content (AvgIpc) is 2.95. The van der Waals surface area contributed by atoms with Crippen molar-refractivity contribution in [1.82, 2.24) is 14.3 Å². The monoisotopic (exact) mass is 272 g/mol. The van der Waals surface area contributed by atoms with Crippen LogP contribution in [0.2, 0.25) is 0 Å². The molecule has 1 aromatic heterocycles. The summed E-state index contributed by atoms with van der Waals surface area (Å²) in [6.45, 7) is 2.27. The highest BCUT2D eigenvalue weighted by Gasteiger charge is 2.36. The normalized spacial score (nSPS) is 24.9. The van der Waals surface area contributed by atoms with Gasteiger partial charge < -0.3 is 10.7 Å². The van der Waals surface area contributed by atoms with E-state index in [9.17, 15) is 8.42 Å². The van der Waals surface area contributed by atoms with Crippen LogP contribution in [0.4, 0.5) is 0 Å². The summed E-state index contributed by atoms with van der Waals surface area (Å²) < 4.78 is 26.3. The Bertz CT molecular complexity index is 511. The summed E-state index contributed by atoms with van der Waals surface area (Å²) in [7, 11) is -1.86. The summed E-state index contributed by atoms with van der Waals surface area (Å²) >= 11 is 0. The molecule has 6 nitrogen and oxygen atoms in total. The van der Waals surface area contributed by atoms with Crippen LogP contribution in [0.15, 0.2) is 11.2 Å². The number of rotatable bonds is 4. The largest absolute Gasteiger partial charge is 0.332 e. The summed E-state index contributed by atoms with van der Waals surface area (Å²) in [6, 6.07) is 0.00334. The minimum atomic E-state index is -3.48. The Morgan fingerprint density at radius 2 is 2.28 bits per heavy atom. The van der Waals surface area contributed by atoms with Gasteiger partial charge in [0.05, 0.1) is 6.20 Å². The van der Waals surface area contributed by atoms with E-state index in [2.05, 4.69) is 9.97 Å². The SMILES string of the molecule is Cc1ncc(S(=O)(=O)N(C)C2CCCC2CN)[nH]1. The highest BCUT2D eigenvalue weighted by molar-refractivity contribution is 7.89. The molecule has 2 atom stereocenters. The number of aromatic amines is 1. The standard InChI is InChI=1S/C11H20N4O2S/c1-8-13-7-11(14-8)18(16,17)15(2)10-5-3-4-9(10)6-12/h7,9-10H,3-6,12H2,1-2H3,(H,13,14). The molecule has 2 rings (SSSR count). The molecule has 0 radical (unpaired) electrons. The predicted molar refractivity (Wildman–Crippen MR) is 68.5 cm³/mol. The lowest BCUT2D eigenvalue weighted by atomic mass is 10.0. The zero-order valence-electron chi connectivity index (χ0n) is 10.8. The molecule has 102 valence electrons. The van der Waals surface area contributed by atoms with Gasteiger partial charge in [0.15, 0.2) is 5.03 Å². The van der Waals surface area contributed by atoms with Crippen molar-refractivity contribution in [3.8, 4) is 0 Å². The summed E-state index contributed by atoms with van der Waals surface area (Å²) in [5.74, 6) is 0.859. The molecule has 0 aliphatic heterocycles. The fraction of sp³-hybridized carbons (Fsp3) is 0.727. The lowest BCUT2D eigenvalue weighted by molar-refractivity contribution is 0.303. The van der Waals surface area contributed by atoms with Crippen molar-refractivity contribution in [2.45, 2.75) is 37.3 Å². The van der Waals surface area contributed by atoms with Crippen LogP contribution in [0.3, 0.4) is 0 Å². The number of nitrogens with zero attached hydrogens (tertiary/aromatic N) is 2. The Hall–Kier alpha value is -0.920.